The van der Waals surface area contributed by atoms with Gasteiger partial charge in [0.15, 0.2) is 0 Å². The highest BCUT2D eigenvalue weighted by molar-refractivity contribution is 5.98. The van der Waals surface area contributed by atoms with Gasteiger partial charge in [0, 0.05) is 19.8 Å². The van der Waals surface area contributed by atoms with E-state index in [0.29, 0.717) is 5.69 Å². The highest BCUT2D eigenvalue weighted by atomic mass is 19.1. The van der Waals surface area contributed by atoms with Gasteiger partial charge in [-0.1, -0.05) is 20.8 Å². The molecule has 1 aromatic carbocycles. The second-order valence-electron chi connectivity index (χ2n) is 6.23. The molecule has 3 N–H and O–H groups in total. The van der Waals surface area contributed by atoms with Gasteiger partial charge in [-0.2, -0.15) is 0 Å². The molecule has 0 unspecified atom stereocenters. The van der Waals surface area contributed by atoms with Crippen molar-refractivity contribution < 1.29 is 14.0 Å². The van der Waals surface area contributed by atoms with Gasteiger partial charge in [-0.15, -0.1) is 0 Å². The van der Waals surface area contributed by atoms with Crippen LogP contribution in [0.15, 0.2) is 18.2 Å². The summed E-state index contributed by atoms with van der Waals surface area (Å²) in [6, 6.07) is 3.14. The largest absolute Gasteiger partial charge is 0.345 e. The molecule has 0 bridgehead atoms. The van der Waals surface area contributed by atoms with E-state index in [1.807, 2.05) is 20.8 Å². The minimum Gasteiger partial charge on any atom is -0.345 e. The summed E-state index contributed by atoms with van der Waals surface area (Å²) in [6.45, 7) is 5.55. The third-order valence-corrected chi connectivity index (χ3v) is 3.09. The van der Waals surface area contributed by atoms with Crippen molar-refractivity contribution in [1.29, 1.82) is 0 Å². The number of nitrogens with one attached hydrogen (secondary N) is 1. The lowest BCUT2D eigenvalue weighted by atomic mass is 9.87. The van der Waals surface area contributed by atoms with Crippen LogP contribution in [0.25, 0.3) is 0 Å². The van der Waals surface area contributed by atoms with Crippen LogP contribution in [-0.2, 0) is 4.79 Å². The van der Waals surface area contributed by atoms with Crippen molar-refractivity contribution in [2.75, 3.05) is 19.4 Å². The average molecular weight is 295 g/mol. The Balaban J connectivity index is 2.99. The number of nitrogens with two attached hydrogens (primary N) is 1. The number of carbonyl (C=O) groups is 2. The van der Waals surface area contributed by atoms with Gasteiger partial charge < -0.3 is 16.0 Å². The topological polar surface area (TPSA) is 75.4 Å². The molecule has 0 heterocycles. The second-order valence-corrected chi connectivity index (χ2v) is 6.23. The Morgan fingerprint density at radius 3 is 2.33 bits per heavy atom. The fourth-order valence-electron chi connectivity index (χ4n) is 1.62. The van der Waals surface area contributed by atoms with Gasteiger partial charge in [0.05, 0.1) is 11.6 Å². The zero-order valence-corrected chi connectivity index (χ0v) is 13.0. The Morgan fingerprint density at radius 2 is 1.86 bits per heavy atom. The van der Waals surface area contributed by atoms with Gasteiger partial charge in [-0.05, 0) is 23.6 Å². The molecule has 0 spiro atoms. The van der Waals surface area contributed by atoms with Crippen LogP contribution in [0.2, 0.25) is 0 Å². The molecule has 1 atom stereocenters. The summed E-state index contributed by atoms with van der Waals surface area (Å²) in [6.07, 6.45) is 0. The van der Waals surface area contributed by atoms with E-state index < -0.39 is 23.2 Å². The van der Waals surface area contributed by atoms with Crippen LogP contribution in [0, 0.1) is 11.2 Å². The molecule has 0 fully saturated rings. The summed E-state index contributed by atoms with van der Waals surface area (Å²) in [5.41, 5.74) is 5.70. The SMILES string of the molecule is CN(C)C(=O)c1cc(NC(=O)[C@@H](N)C(C)(C)C)ccc1F. The maximum Gasteiger partial charge on any atom is 0.256 e. The molecule has 0 aromatic heterocycles. The lowest BCUT2D eigenvalue weighted by Gasteiger charge is -2.25. The zero-order valence-electron chi connectivity index (χ0n) is 13.0. The van der Waals surface area contributed by atoms with Gasteiger partial charge in [-0.3, -0.25) is 9.59 Å². The Morgan fingerprint density at radius 1 is 1.29 bits per heavy atom. The van der Waals surface area contributed by atoms with E-state index in [-0.39, 0.29) is 11.5 Å². The molecule has 0 saturated carbocycles. The summed E-state index contributed by atoms with van der Waals surface area (Å²) in [5.74, 6) is -1.48. The number of amides is 2. The summed E-state index contributed by atoms with van der Waals surface area (Å²) >= 11 is 0. The van der Waals surface area contributed by atoms with E-state index in [4.69, 9.17) is 5.73 Å². The number of carbonyl (C=O) groups excluding carboxylic acids is 2. The number of hydrogen-bond acceptors (Lipinski definition) is 3. The average Bonchev–Trinajstić information content (AvgIpc) is 2.37. The lowest BCUT2D eigenvalue weighted by Crippen LogP contribution is -2.45. The summed E-state index contributed by atoms with van der Waals surface area (Å²) in [4.78, 5) is 25.1. The molecule has 1 aromatic rings. The van der Waals surface area contributed by atoms with Crippen LogP contribution in [0.3, 0.4) is 0 Å². The third-order valence-electron chi connectivity index (χ3n) is 3.09. The molecule has 6 heteroatoms. The number of benzene rings is 1. The van der Waals surface area contributed by atoms with E-state index in [1.165, 1.54) is 31.1 Å². The number of hydrogen-bond donors (Lipinski definition) is 2. The number of nitrogens with zero attached hydrogens (tertiary/aromatic N) is 1. The maximum atomic E-state index is 13.7. The van der Waals surface area contributed by atoms with Gasteiger partial charge in [-0.25, -0.2) is 4.39 Å². The Kier molecular flexibility index (Phi) is 5.06. The van der Waals surface area contributed by atoms with Crippen molar-refractivity contribution in [3.63, 3.8) is 0 Å². The van der Waals surface area contributed by atoms with Crippen molar-refractivity contribution in [3.8, 4) is 0 Å². The number of anilines is 1. The molecule has 0 aliphatic heterocycles. The van der Waals surface area contributed by atoms with Crippen LogP contribution in [0.5, 0.6) is 0 Å². The van der Waals surface area contributed by atoms with E-state index in [0.717, 1.165) is 6.07 Å². The molecule has 2 amide bonds. The van der Waals surface area contributed by atoms with E-state index in [1.54, 1.807) is 0 Å². The molecular weight excluding hydrogens is 273 g/mol. The zero-order chi connectivity index (χ0) is 16.4. The predicted molar refractivity (Wildman–Crippen MR) is 80.5 cm³/mol. The molecular formula is C15H22FN3O2. The van der Waals surface area contributed by atoms with Crippen LogP contribution in [0.4, 0.5) is 10.1 Å². The standard InChI is InChI=1S/C15H22FN3O2/c1-15(2,3)12(17)13(20)18-9-6-7-11(16)10(8-9)14(21)19(4)5/h6-8,12H,17H2,1-5H3,(H,18,20)/t12-/m1/s1. The number of halogens is 1. The summed E-state index contributed by atoms with van der Waals surface area (Å²) < 4.78 is 13.7. The fraction of sp³-hybridized carbons (Fsp3) is 0.467. The van der Waals surface area contributed by atoms with Crippen molar-refractivity contribution in [2.45, 2.75) is 26.8 Å². The molecule has 5 nitrogen and oxygen atoms in total. The Bertz CT molecular complexity index is 550. The van der Waals surface area contributed by atoms with Gasteiger partial charge in [0.2, 0.25) is 5.91 Å². The van der Waals surface area contributed by atoms with Crippen molar-refractivity contribution >= 4 is 17.5 Å². The summed E-state index contributed by atoms with van der Waals surface area (Å²) in [5, 5.41) is 2.61. The minimum atomic E-state index is -0.712. The Labute approximate surface area is 124 Å². The van der Waals surface area contributed by atoms with E-state index in [9.17, 15) is 14.0 Å². The Hall–Kier alpha value is -1.95. The maximum absolute atomic E-state index is 13.7. The van der Waals surface area contributed by atoms with Crippen molar-refractivity contribution in [3.05, 3.63) is 29.6 Å². The summed E-state index contributed by atoms with van der Waals surface area (Å²) in [7, 11) is 3.06. The first kappa shape index (κ1) is 17.1. The normalized spacial score (nSPS) is 12.7. The van der Waals surface area contributed by atoms with Crippen LogP contribution >= 0.6 is 0 Å². The highest BCUT2D eigenvalue weighted by Gasteiger charge is 2.27. The molecule has 0 aliphatic carbocycles. The first-order valence-corrected chi connectivity index (χ1v) is 6.61. The molecule has 116 valence electrons. The van der Waals surface area contributed by atoms with Crippen LogP contribution in [0.1, 0.15) is 31.1 Å². The molecule has 21 heavy (non-hydrogen) atoms. The molecule has 0 aliphatic rings. The highest BCUT2D eigenvalue weighted by Crippen LogP contribution is 2.20. The van der Waals surface area contributed by atoms with E-state index in [2.05, 4.69) is 5.32 Å². The third kappa shape index (κ3) is 4.26. The van der Waals surface area contributed by atoms with Crippen molar-refractivity contribution in [1.82, 2.24) is 4.90 Å². The molecule has 1 rings (SSSR count). The second kappa shape index (κ2) is 6.22. The smallest absolute Gasteiger partial charge is 0.256 e. The van der Waals surface area contributed by atoms with Gasteiger partial charge in [0.1, 0.15) is 5.82 Å². The molecule has 0 radical (unpaired) electrons. The quantitative estimate of drug-likeness (QED) is 0.893. The first-order valence-electron chi connectivity index (χ1n) is 6.61. The van der Waals surface area contributed by atoms with Crippen molar-refractivity contribution in [2.24, 2.45) is 11.1 Å². The fourth-order valence-corrected chi connectivity index (χ4v) is 1.62. The van der Waals surface area contributed by atoms with E-state index >= 15 is 0 Å². The molecule has 0 saturated heterocycles. The van der Waals surface area contributed by atoms with Gasteiger partial charge in [0.25, 0.3) is 5.91 Å². The van der Waals surface area contributed by atoms with Crippen LogP contribution < -0.4 is 11.1 Å². The minimum absolute atomic E-state index is 0.0952. The predicted octanol–water partition coefficient (Wildman–Crippen LogP) is 1.84. The number of rotatable bonds is 3. The first-order chi connectivity index (χ1) is 9.54. The lowest BCUT2D eigenvalue weighted by molar-refractivity contribution is -0.119. The van der Waals surface area contributed by atoms with Gasteiger partial charge >= 0.3 is 0 Å². The monoisotopic (exact) mass is 295 g/mol. The van der Waals surface area contributed by atoms with Crippen LogP contribution in [-0.4, -0.2) is 36.9 Å².